The van der Waals surface area contributed by atoms with Crippen LogP contribution in [0.5, 0.6) is 0 Å². The molecule has 6 heteroatoms. The van der Waals surface area contributed by atoms with Crippen molar-refractivity contribution in [3.63, 3.8) is 0 Å². The average molecular weight is 286 g/mol. The highest BCUT2D eigenvalue weighted by atomic mass is 16.3. The summed E-state index contributed by atoms with van der Waals surface area (Å²) in [6, 6.07) is 0.0629. The SMILES string of the molecule is OCCC(O)(CC1CNCCNC1)C1CCNCCN1. The first-order valence-corrected chi connectivity index (χ1v) is 7.93. The van der Waals surface area contributed by atoms with Crippen molar-refractivity contribution in [3.8, 4) is 0 Å². The molecule has 0 aliphatic carbocycles. The van der Waals surface area contributed by atoms with E-state index < -0.39 is 5.60 Å². The molecule has 2 fully saturated rings. The molecule has 2 saturated heterocycles. The predicted octanol–water partition coefficient (Wildman–Crippen LogP) is -1.75. The molecular formula is C14H30N4O2. The number of aliphatic hydroxyl groups is 2. The average Bonchev–Trinajstić information content (AvgIpc) is 2.83. The van der Waals surface area contributed by atoms with E-state index in [0.29, 0.717) is 12.3 Å². The molecule has 2 atom stereocenters. The molecule has 0 aromatic carbocycles. The lowest BCUT2D eigenvalue weighted by atomic mass is 9.80. The van der Waals surface area contributed by atoms with Gasteiger partial charge in [-0.3, -0.25) is 0 Å². The summed E-state index contributed by atoms with van der Waals surface area (Å²) >= 11 is 0. The zero-order valence-electron chi connectivity index (χ0n) is 12.3. The van der Waals surface area contributed by atoms with Gasteiger partial charge in [0.25, 0.3) is 0 Å². The quantitative estimate of drug-likeness (QED) is 0.359. The molecule has 0 spiro atoms. The highest BCUT2D eigenvalue weighted by Crippen LogP contribution is 2.27. The van der Waals surface area contributed by atoms with Crippen molar-refractivity contribution in [1.29, 1.82) is 0 Å². The van der Waals surface area contributed by atoms with Gasteiger partial charge in [0.15, 0.2) is 0 Å². The second kappa shape index (κ2) is 8.26. The molecule has 2 rings (SSSR count). The molecule has 0 amide bonds. The second-order valence-corrected chi connectivity index (χ2v) is 6.10. The Kier molecular flexibility index (Phi) is 6.67. The maximum absolute atomic E-state index is 11.1. The lowest BCUT2D eigenvalue weighted by Gasteiger charge is -2.38. The lowest BCUT2D eigenvalue weighted by molar-refractivity contribution is -0.0377. The topological polar surface area (TPSA) is 88.6 Å². The molecular weight excluding hydrogens is 256 g/mol. The van der Waals surface area contributed by atoms with E-state index in [-0.39, 0.29) is 12.6 Å². The van der Waals surface area contributed by atoms with Gasteiger partial charge in [-0.25, -0.2) is 0 Å². The van der Waals surface area contributed by atoms with Crippen LogP contribution in [0, 0.1) is 5.92 Å². The summed E-state index contributed by atoms with van der Waals surface area (Å²) in [4.78, 5) is 0. The molecule has 2 aliphatic heterocycles. The van der Waals surface area contributed by atoms with Crippen molar-refractivity contribution in [1.82, 2.24) is 21.3 Å². The fraction of sp³-hybridized carbons (Fsp3) is 1.00. The third kappa shape index (κ3) is 4.65. The molecule has 0 radical (unpaired) electrons. The number of rotatable bonds is 5. The van der Waals surface area contributed by atoms with Crippen LogP contribution in [-0.2, 0) is 0 Å². The minimum Gasteiger partial charge on any atom is -0.396 e. The van der Waals surface area contributed by atoms with Gasteiger partial charge in [0.2, 0.25) is 0 Å². The van der Waals surface area contributed by atoms with Crippen molar-refractivity contribution in [3.05, 3.63) is 0 Å². The Morgan fingerprint density at radius 3 is 2.35 bits per heavy atom. The number of nitrogens with one attached hydrogen (secondary N) is 4. The number of hydrogen-bond donors (Lipinski definition) is 6. The van der Waals surface area contributed by atoms with Gasteiger partial charge in [-0.15, -0.1) is 0 Å². The van der Waals surface area contributed by atoms with E-state index in [2.05, 4.69) is 21.3 Å². The van der Waals surface area contributed by atoms with Crippen molar-refractivity contribution < 1.29 is 10.2 Å². The Morgan fingerprint density at radius 2 is 1.65 bits per heavy atom. The second-order valence-electron chi connectivity index (χ2n) is 6.10. The zero-order chi connectivity index (χ0) is 14.3. The molecule has 0 bridgehead atoms. The first-order valence-electron chi connectivity index (χ1n) is 7.93. The van der Waals surface area contributed by atoms with E-state index in [4.69, 9.17) is 0 Å². The van der Waals surface area contributed by atoms with Crippen LogP contribution in [0.15, 0.2) is 0 Å². The van der Waals surface area contributed by atoms with Gasteiger partial charge in [0.05, 0.1) is 5.60 Å². The Balaban J connectivity index is 1.98. The molecule has 0 aromatic rings. The molecule has 0 saturated carbocycles. The fourth-order valence-corrected chi connectivity index (χ4v) is 3.38. The van der Waals surface area contributed by atoms with Crippen LogP contribution in [0.2, 0.25) is 0 Å². The van der Waals surface area contributed by atoms with Crippen molar-refractivity contribution in [2.75, 3.05) is 52.4 Å². The predicted molar refractivity (Wildman–Crippen MR) is 79.8 cm³/mol. The summed E-state index contributed by atoms with van der Waals surface area (Å²) in [5.41, 5.74) is -0.820. The lowest BCUT2D eigenvalue weighted by Crippen LogP contribution is -2.53. The molecule has 6 N–H and O–H groups in total. The van der Waals surface area contributed by atoms with Crippen molar-refractivity contribution in [2.45, 2.75) is 30.9 Å². The molecule has 20 heavy (non-hydrogen) atoms. The van der Waals surface area contributed by atoms with Crippen molar-refractivity contribution in [2.24, 2.45) is 5.92 Å². The molecule has 0 aromatic heterocycles. The van der Waals surface area contributed by atoms with E-state index in [1.165, 1.54) is 0 Å². The van der Waals surface area contributed by atoms with Gasteiger partial charge >= 0.3 is 0 Å². The minimum absolute atomic E-state index is 0.0374. The minimum atomic E-state index is -0.820. The van der Waals surface area contributed by atoms with E-state index in [1.54, 1.807) is 0 Å². The van der Waals surface area contributed by atoms with Gasteiger partial charge in [-0.05, 0) is 38.4 Å². The summed E-state index contributed by atoms with van der Waals surface area (Å²) in [5, 5.41) is 34.1. The van der Waals surface area contributed by atoms with Crippen LogP contribution in [0.3, 0.4) is 0 Å². The maximum Gasteiger partial charge on any atom is 0.0825 e. The Bertz CT molecular complexity index is 264. The van der Waals surface area contributed by atoms with Crippen LogP contribution in [0.4, 0.5) is 0 Å². The standard InChI is InChI=1S/C14H30N4O2/c19-8-2-14(20,13-1-3-15-6-7-18-13)9-12-10-16-4-5-17-11-12/h12-13,15-20H,1-11H2. The van der Waals surface area contributed by atoms with Crippen LogP contribution in [0.25, 0.3) is 0 Å². The third-order valence-electron chi connectivity index (χ3n) is 4.48. The molecule has 2 heterocycles. The van der Waals surface area contributed by atoms with E-state index in [9.17, 15) is 10.2 Å². The third-order valence-corrected chi connectivity index (χ3v) is 4.48. The highest BCUT2D eigenvalue weighted by Gasteiger charge is 2.38. The molecule has 118 valence electrons. The highest BCUT2D eigenvalue weighted by molar-refractivity contribution is 4.95. The van der Waals surface area contributed by atoms with E-state index in [1.807, 2.05) is 0 Å². The van der Waals surface area contributed by atoms with Crippen molar-refractivity contribution >= 4 is 0 Å². The first kappa shape index (κ1) is 16.1. The van der Waals surface area contributed by atoms with Gasteiger partial charge in [-0.2, -0.15) is 0 Å². The zero-order valence-corrected chi connectivity index (χ0v) is 12.3. The summed E-state index contributed by atoms with van der Waals surface area (Å²) in [6.45, 7) is 6.62. The van der Waals surface area contributed by atoms with Gasteiger partial charge in [0, 0.05) is 45.2 Å². The Labute approximate surface area is 121 Å². The van der Waals surface area contributed by atoms with Gasteiger partial charge < -0.3 is 31.5 Å². The fourth-order valence-electron chi connectivity index (χ4n) is 3.38. The largest absolute Gasteiger partial charge is 0.396 e. The summed E-state index contributed by atoms with van der Waals surface area (Å²) in [7, 11) is 0. The smallest absolute Gasteiger partial charge is 0.0825 e. The van der Waals surface area contributed by atoms with Crippen LogP contribution in [-0.4, -0.2) is 74.3 Å². The van der Waals surface area contributed by atoms with Crippen LogP contribution in [0.1, 0.15) is 19.3 Å². The van der Waals surface area contributed by atoms with Gasteiger partial charge in [-0.1, -0.05) is 0 Å². The van der Waals surface area contributed by atoms with E-state index in [0.717, 1.165) is 58.7 Å². The number of hydrogen-bond acceptors (Lipinski definition) is 6. The normalized spacial score (nSPS) is 29.4. The van der Waals surface area contributed by atoms with Crippen LogP contribution >= 0.6 is 0 Å². The Hall–Kier alpha value is -0.240. The monoisotopic (exact) mass is 286 g/mol. The number of aliphatic hydroxyl groups excluding tert-OH is 1. The molecule has 6 nitrogen and oxygen atoms in total. The van der Waals surface area contributed by atoms with Gasteiger partial charge in [0.1, 0.15) is 0 Å². The summed E-state index contributed by atoms with van der Waals surface area (Å²) < 4.78 is 0. The first-order chi connectivity index (χ1) is 9.74. The van der Waals surface area contributed by atoms with E-state index >= 15 is 0 Å². The summed E-state index contributed by atoms with van der Waals surface area (Å²) in [5.74, 6) is 0.409. The van der Waals surface area contributed by atoms with Crippen LogP contribution < -0.4 is 21.3 Å². The molecule has 2 aliphatic rings. The molecule has 2 unspecified atom stereocenters. The maximum atomic E-state index is 11.1. The Morgan fingerprint density at radius 1 is 0.950 bits per heavy atom. The summed E-state index contributed by atoms with van der Waals surface area (Å²) in [6.07, 6.45) is 2.08.